The van der Waals surface area contributed by atoms with Crippen LogP contribution in [0.5, 0.6) is 5.75 Å². The number of hydrogen-bond acceptors (Lipinski definition) is 14. The number of piperidine rings is 1. The van der Waals surface area contributed by atoms with E-state index in [0.717, 1.165) is 12.1 Å². The van der Waals surface area contributed by atoms with Gasteiger partial charge in [0.25, 0.3) is 5.91 Å². The number of aromatic hydroxyl groups is 1. The third-order valence-electron chi connectivity index (χ3n) is 17.9. The van der Waals surface area contributed by atoms with Crippen molar-refractivity contribution in [2.45, 2.75) is 206 Å². The molecule has 4 amide bonds. The Bertz CT molecular complexity index is 2470. The highest BCUT2D eigenvalue weighted by Crippen LogP contribution is 2.46. The largest absolute Gasteiger partial charge is 0.505 e. The molecule has 0 saturated carbocycles. The number of nitrogens with one attached hydrogen (secondary N) is 4. The number of benzene rings is 1. The maximum Gasteiger partial charge on any atom is 0.325 e. The highest BCUT2D eigenvalue weighted by atomic mass is 19.2. The van der Waals surface area contributed by atoms with Gasteiger partial charge in [0, 0.05) is 68.9 Å². The van der Waals surface area contributed by atoms with Crippen LogP contribution in [0.15, 0.2) is 60.2 Å². The summed E-state index contributed by atoms with van der Waals surface area (Å²) in [5.41, 5.74) is 2.61. The molecule has 5 aliphatic heterocycles. The molecule has 8 N–H and O–H groups in total. The van der Waals surface area contributed by atoms with Crippen LogP contribution in [0.25, 0.3) is 0 Å². The van der Waals surface area contributed by atoms with E-state index in [-0.39, 0.29) is 73.3 Å². The smallest absolute Gasteiger partial charge is 0.325 e. The summed E-state index contributed by atoms with van der Waals surface area (Å²) in [6.45, 7) is 18.7. The first-order valence-corrected chi connectivity index (χ1v) is 29.2. The predicted octanol–water partition coefficient (Wildman–Crippen LogP) is 6.50. The van der Waals surface area contributed by atoms with Crippen molar-refractivity contribution >= 4 is 29.6 Å². The van der Waals surface area contributed by atoms with E-state index in [1.807, 2.05) is 52.8 Å². The van der Waals surface area contributed by atoms with E-state index in [2.05, 4.69) is 28.3 Å². The van der Waals surface area contributed by atoms with Crippen molar-refractivity contribution in [1.82, 2.24) is 26.4 Å². The Morgan fingerprint density at radius 3 is 2.38 bits per heavy atom. The van der Waals surface area contributed by atoms with Crippen LogP contribution in [0.1, 0.15) is 139 Å². The monoisotopic (exact) mass is 1140 g/mol. The lowest BCUT2D eigenvalue weighted by atomic mass is 9.69. The number of amides is 4. The molecule has 81 heavy (non-hydrogen) atoms. The first-order valence-electron chi connectivity index (χ1n) is 29.2. The lowest BCUT2D eigenvalue weighted by Crippen LogP contribution is -2.71. The molecule has 20 heteroatoms. The van der Waals surface area contributed by atoms with E-state index in [1.54, 1.807) is 52.0 Å². The van der Waals surface area contributed by atoms with Gasteiger partial charge < -0.3 is 55.3 Å². The molecule has 5 aliphatic rings. The summed E-state index contributed by atoms with van der Waals surface area (Å²) in [5.74, 6) is -10.6. The van der Waals surface area contributed by atoms with Crippen molar-refractivity contribution in [2.75, 3.05) is 13.7 Å². The molecule has 2 bridgehead atoms. The number of carbonyl (C=O) groups excluding carboxylic acids is 5. The van der Waals surface area contributed by atoms with Gasteiger partial charge in [-0.25, -0.2) is 9.82 Å². The summed E-state index contributed by atoms with van der Waals surface area (Å²) in [6, 6.07) is -1.93. The number of halogens is 2. The Hall–Kier alpha value is -5.09. The normalized spacial score (nSPS) is 36.8. The quantitative estimate of drug-likeness (QED) is 0.0776. The summed E-state index contributed by atoms with van der Waals surface area (Å²) >= 11 is 0. The maximum absolute atomic E-state index is 14.7. The summed E-state index contributed by atoms with van der Waals surface area (Å²) in [5, 5.41) is 54.6. The van der Waals surface area contributed by atoms with Crippen LogP contribution in [0.3, 0.4) is 0 Å². The number of rotatable bonds is 13. The Kier molecular flexibility index (Phi) is 22.9. The molecule has 2 unspecified atom stereocenters. The number of phenols is 1. The third kappa shape index (κ3) is 15.8. The molecule has 18 nitrogen and oxygen atoms in total. The number of allylic oxidation sites excluding steroid dienone is 5. The molecular weight excluding hydrogens is 1050 g/mol. The number of aliphatic hydroxyl groups excluding tert-OH is 3. The second-order valence-electron chi connectivity index (χ2n) is 24.1. The van der Waals surface area contributed by atoms with E-state index in [9.17, 15) is 53.2 Å². The molecule has 4 saturated heterocycles. The second-order valence-corrected chi connectivity index (χ2v) is 24.1. The zero-order valence-corrected chi connectivity index (χ0v) is 49.2. The number of methoxy groups -OCH3 is 1. The van der Waals surface area contributed by atoms with E-state index in [1.165, 1.54) is 12.1 Å². The number of esters is 1. The van der Waals surface area contributed by atoms with E-state index < -0.39 is 132 Å². The van der Waals surface area contributed by atoms with Gasteiger partial charge in [0.2, 0.25) is 17.7 Å². The minimum absolute atomic E-state index is 0.0186. The predicted molar refractivity (Wildman–Crippen MR) is 299 cm³/mol. The molecule has 0 radical (unpaired) electrons. The van der Waals surface area contributed by atoms with Gasteiger partial charge in [-0.15, -0.1) is 0 Å². The van der Waals surface area contributed by atoms with Gasteiger partial charge in [0.15, 0.2) is 23.2 Å². The van der Waals surface area contributed by atoms with Crippen molar-refractivity contribution in [1.29, 1.82) is 0 Å². The standard InChI is InChI=1S/C61H91F2N5O13/c1-12-41-28-36(6)61(66-55(41)73)39(9)53(72)38(8)50(80-61)32-47(70)34(4)20-15-13-16-21-35(5)49-24-18-14-17-23-46(69)37(7)54-42(25-26-60(10,78-11)81-54)56(74)65-52(33(2)3)57(75)64-45(30-40-29-43(62)51(63)48(71)31-40)58(76)68-27-19-22-44(67-68)59(77)79-49/h13-14,16-18,21,23,29,31,33-34,36-39,41-42,44-47,49-50,52-54,67,69-72H,12,15,19-20,22,24-28,30,32H2,1-11H3,(H,64,75)(H,65,74)(H,66,73)/b16-13+,18-14+,23-17+,35-21+/t34-,36-,37-,38-,39-,41-,42+,44?,45-,46-,47-,49-,50-,52-,53-,54+,60?,61+/m0/s1. The minimum Gasteiger partial charge on any atom is -0.505 e. The highest BCUT2D eigenvalue weighted by molar-refractivity contribution is 5.93. The SMILES string of the molecule is CC[C@H]1C[C@H](C)[C@@]2(NC1=O)O[C@@H](C[C@H](O)[C@@H](C)CC/C=C/C=C(\C)[C@@H]1C/C=C/C=C/[C@H](O)[C@H](C)[C@H]3OC(C)(OC)CC[C@H]3C(=O)N[C@@H](C(C)C)C(=O)N[C@@H](Cc3cc(O)c(F)c(F)c3)C(=O)N3CCCC(N3)C(=O)O1)[C@H](C)[C@H](O)[C@@H]2C. The Morgan fingerprint density at radius 2 is 1.70 bits per heavy atom. The van der Waals surface area contributed by atoms with Crippen molar-refractivity contribution < 1.29 is 72.1 Å². The van der Waals surface area contributed by atoms with Crippen molar-refractivity contribution in [3.8, 4) is 5.75 Å². The van der Waals surface area contributed by atoms with Gasteiger partial charge in [-0.2, -0.15) is 4.39 Å². The molecule has 6 rings (SSSR count). The van der Waals surface area contributed by atoms with Gasteiger partial charge in [-0.05, 0) is 93.9 Å². The fourth-order valence-corrected chi connectivity index (χ4v) is 12.1. The van der Waals surface area contributed by atoms with Crippen LogP contribution in [0.2, 0.25) is 0 Å². The van der Waals surface area contributed by atoms with Gasteiger partial charge >= 0.3 is 5.97 Å². The van der Waals surface area contributed by atoms with E-state index in [0.29, 0.717) is 44.1 Å². The molecule has 0 aromatic heterocycles. The number of hydrogen-bond donors (Lipinski definition) is 8. The number of cyclic esters (lactones) is 1. The minimum atomic E-state index is -1.48. The number of phenolic OH excluding ortho intramolecular Hbond substituents is 1. The Balaban J connectivity index is 1.21. The molecule has 4 fully saturated rings. The van der Waals surface area contributed by atoms with Crippen LogP contribution < -0.4 is 21.4 Å². The maximum atomic E-state index is 14.7. The zero-order chi connectivity index (χ0) is 59.7. The number of ether oxygens (including phenoxy) is 4. The molecular formula is C61H91F2N5O13. The average molecular weight is 1140 g/mol. The molecule has 1 aromatic carbocycles. The molecule has 5 heterocycles. The van der Waals surface area contributed by atoms with Crippen LogP contribution in [-0.2, 0) is 49.3 Å². The Labute approximate surface area is 476 Å². The third-order valence-corrected chi connectivity index (χ3v) is 17.9. The zero-order valence-electron chi connectivity index (χ0n) is 49.2. The second kappa shape index (κ2) is 28.5. The topological polar surface area (TPSA) is 255 Å². The van der Waals surface area contributed by atoms with Gasteiger partial charge in [0.1, 0.15) is 30.0 Å². The fourth-order valence-electron chi connectivity index (χ4n) is 12.1. The number of nitrogens with zero attached hydrogens (tertiary/aromatic N) is 1. The lowest BCUT2D eigenvalue weighted by Gasteiger charge is -2.56. The molecule has 1 spiro atoms. The first-order chi connectivity index (χ1) is 38.2. The highest BCUT2D eigenvalue weighted by Gasteiger charge is 2.57. The van der Waals surface area contributed by atoms with E-state index >= 15 is 0 Å². The van der Waals surface area contributed by atoms with Gasteiger partial charge in [0.05, 0.1) is 36.4 Å². The van der Waals surface area contributed by atoms with E-state index in [4.69, 9.17) is 18.9 Å². The number of fused-ring (bicyclic) bond motifs is 3. The average Bonchev–Trinajstić information content (AvgIpc) is 3.47. The first kappa shape index (κ1) is 65.1. The van der Waals surface area contributed by atoms with Crippen molar-refractivity contribution in [3.63, 3.8) is 0 Å². The molecule has 452 valence electrons. The van der Waals surface area contributed by atoms with Crippen molar-refractivity contribution in [3.05, 3.63) is 77.4 Å². The van der Waals surface area contributed by atoms with Crippen molar-refractivity contribution in [2.24, 2.45) is 47.3 Å². The molecule has 18 atom stereocenters. The lowest BCUT2D eigenvalue weighted by molar-refractivity contribution is -0.280. The summed E-state index contributed by atoms with van der Waals surface area (Å²) in [6.07, 6.45) is 11.5. The summed E-state index contributed by atoms with van der Waals surface area (Å²) < 4.78 is 54.0. The molecule has 1 aromatic rings. The number of hydrazine groups is 1. The fraction of sp³-hybridized carbons (Fsp3) is 0.689. The number of carbonyl (C=O) groups is 5. The summed E-state index contributed by atoms with van der Waals surface area (Å²) in [4.78, 5) is 70.5. The van der Waals surface area contributed by atoms with Gasteiger partial charge in [-0.3, -0.25) is 29.0 Å². The Morgan fingerprint density at radius 1 is 0.975 bits per heavy atom. The number of aliphatic hydroxyl groups is 3. The van der Waals surface area contributed by atoms with Gasteiger partial charge in [-0.1, -0.05) is 97.9 Å². The van der Waals surface area contributed by atoms with Crippen LogP contribution in [0, 0.1) is 59.0 Å². The van der Waals surface area contributed by atoms with Crippen LogP contribution >= 0.6 is 0 Å². The van der Waals surface area contributed by atoms with Crippen LogP contribution in [0.4, 0.5) is 8.78 Å². The summed E-state index contributed by atoms with van der Waals surface area (Å²) in [7, 11) is 1.49. The van der Waals surface area contributed by atoms with Crippen LogP contribution in [-0.4, -0.2) is 135 Å². The molecule has 0 aliphatic carbocycles.